The van der Waals surface area contributed by atoms with E-state index in [0.717, 1.165) is 0 Å². The zero-order chi connectivity index (χ0) is 14.0. The predicted octanol–water partition coefficient (Wildman–Crippen LogP) is 1.70. The molecule has 2 N–H and O–H groups in total. The molecule has 1 fully saturated rings. The first-order valence-corrected chi connectivity index (χ1v) is 5.82. The van der Waals surface area contributed by atoms with Crippen LogP contribution in [0.2, 0.25) is 0 Å². The summed E-state index contributed by atoms with van der Waals surface area (Å²) in [5.41, 5.74) is 0.584. The molecule has 1 saturated heterocycles. The highest BCUT2D eigenvalue weighted by Crippen LogP contribution is 2.35. The zero-order valence-corrected chi connectivity index (χ0v) is 10.5. The second-order valence-electron chi connectivity index (χ2n) is 3.99. The van der Waals surface area contributed by atoms with Crippen molar-refractivity contribution < 1.29 is 9.72 Å². The molecule has 0 saturated carbocycles. The molecule has 1 aliphatic rings. The molecule has 1 unspecified atom stereocenters. The van der Waals surface area contributed by atoms with E-state index in [4.69, 9.17) is 17.6 Å². The van der Waals surface area contributed by atoms with Crippen LogP contribution in [-0.2, 0) is 4.79 Å². The molecule has 0 radical (unpaired) electrons. The van der Waals surface area contributed by atoms with Crippen LogP contribution in [0.1, 0.15) is 17.9 Å². The third-order valence-corrected chi connectivity index (χ3v) is 3.20. The fourth-order valence-electron chi connectivity index (χ4n) is 2.05. The Morgan fingerprint density at radius 2 is 2.16 bits per heavy atom. The Labute approximate surface area is 113 Å². The first kappa shape index (κ1) is 13.1. The van der Waals surface area contributed by atoms with Crippen molar-refractivity contribution in [2.75, 3.05) is 0 Å². The summed E-state index contributed by atoms with van der Waals surface area (Å²) in [6, 6.07) is 6.14. The molecule has 19 heavy (non-hydrogen) atoms. The van der Waals surface area contributed by atoms with Crippen molar-refractivity contribution in [2.24, 2.45) is 0 Å². The van der Waals surface area contributed by atoms with Crippen molar-refractivity contribution in [3.05, 3.63) is 45.5 Å². The summed E-state index contributed by atoms with van der Waals surface area (Å²) in [7, 11) is 0. The Morgan fingerprint density at radius 3 is 2.79 bits per heavy atom. The average molecular weight is 275 g/mol. The maximum absolute atomic E-state index is 11.5. The molecule has 0 bridgehead atoms. The van der Waals surface area contributed by atoms with Gasteiger partial charge in [0.15, 0.2) is 0 Å². The lowest BCUT2D eigenvalue weighted by atomic mass is 9.85. The maximum atomic E-state index is 11.5. The van der Waals surface area contributed by atoms with Crippen LogP contribution >= 0.6 is 12.2 Å². The van der Waals surface area contributed by atoms with Crippen LogP contribution in [0.4, 0.5) is 5.69 Å². The van der Waals surface area contributed by atoms with Gasteiger partial charge in [-0.15, -0.1) is 0 Å². The third kappa shape index (κ3) is 2.42. The van der Waals surface area contributed by atoms with Gasteiger partial charge in [0.1, 0.15) is 4.99 Å². The van der Waals surface area contributed by atoms with Gasteiger partial charge in [-0.3, -0.25) is 20.3 Å². The van der Waals surface area contributed by atoms with E-state index in [1.54, 1.807) is 18.2 Å². The van der Waals surface area contributed by atoms with Gasteiger partial charge in [0.05, 0.1) is 10.5 Å². The molecule has 6 nitrogen and oxygen atoms in total. The number of thiocarbonyl (C=S) groups is 1. The SMILES string of the molecule is N=C=C1C(=S)NC(=O)CC1c1ccccc1[N+](=O)[O-]. The molecule has 1 aromatic rings. The van der Waals surface area contributed by atoms with Crippen molar-refractivity contribution in [3.63, 3.8) is 0 Å². The first-order valence-electron chi connectivity index (χ1n) is 5.41. The molecular formula is C12H9N3O3S. The normalized spacial score (nSPS) is 18.7. The summed E-state index contributed by atoms with van der Waals surface area (Å²) >= 11 is 4.97. The summed E-state index contributed by atoms with van der Waals surface area (Å²) < 4.78 is 0. The molecule has 0 aliphatic carbocycles. The number of nitrogens with one attached hydrogen (secondary N) is 2. The Morgan fingerprint density at radius 1 is 1.47 bits per heavy atom. The second-order valence-corrected chi connectivity index (χ2v) is 4.40. The quantitative estimate of drug-likeness (QED) is 0.282. The molecule has 0 aromatic heterocycles. The monoisotopic (exact) mass is 275 g/mol. The summed E-state index contributed by atoms with van der Waals surface area (Å²) in [4.78, 5) is 22.1. The number of carbonyl (C=O) groups is 1. The van der Waals surface area contributed by atoms with E-state index in [1.807, 2.05) is 0 Å². The molecule has 1 aliphatic heterocycles. The van der Waals surface area contributed by atoms with Gasteiger partial charge in [0.2, 0.25) is 5.91 Å². The summed E-state index contributed by atoms with van der Waals surface area (Å²) in [6.45, 7) is 0. The minimum absolute atomic E-state index is 0.0200. The van der Waals surface area contributed by atoms with E-state index in [-0.39, 0.29) is 23.0 Å². The van der Waals surface area contributed by atoms with Crippen LogP contribution in [0, 0.1) is 15.5 Å². The Kier molecular flexibility index (Phi) is 3.50. The molecule has 1 atom stereocenters. The highest BCUT2D eigenvalue weighted by molar-refractivity contribution is 7.80. The van der Waals surface area contributed by atoms with Crippen LogP contribution < -0.4 is 5.32 Å². The van der Waals surface area contributed by atoms with Gasteiger partial charge in [-0.1, -0.05) is 30.4 Å². The number of nitro groups is 1. The molecule has 2 rings (SSSR count). The fourth-order valence-corrected chi connectivity index (χ4v) is 2.36. The van der Waals surface area contributed by atoms with Gasteiger partial charge >= 0.3 is 0 Å². The Bertz CT molecular complexity index is 635. The minimum atomic E-state index is -0.597. The molecule has 1 heterocycles. The zero-order valence-electron chi connectivity index (χ0n) is 9.67. The average Bonchev–Trinajstić information content (AvgIpc) is 2.37. The second kappa shape index (κ2) is 5.09. The van der Waals surface area contributed by atoms with E-state index in [2.05, 4.69) is 11.2 Å². The van der Waals surface area contributed by atoms with Gasteiger partial charge in [-0.2, -0.15) is 0 Å². The van der Waals surface area contributed by atoms with Crippen molar-refractivity contribution in [2.45, 2.75) is 12.3 Å². The van der Waals surface area contributed by atoms with Crippen molar-refractivity contribution in [1.82, 2.24) is 5.32 Å². The van der Waals surface area contributed by atoms with Gasteiger partial charge < -0.3 is 5.32 Å². The summed E-state index contributed by atoms with van der Waals surface area (Å²) in [5.74, 6) is 1.27. The predicted molar refractivity (Wildman–Crippen MR) is 72.4 cm³/mol. The topological polar surface area (TPSA) is 96.1 Å². The lowest BCUT2D eigenvalue weighted by molar-refractivity contribution is -0.385. The standard InChI is InChI=1S/C12H9N3O3S/c13-6-9-8(5-11(16)14-12(9)19)7-3-1-2-4-10(7)15(17)18/h1-4,8,13H,5H2,(H,14,16,19). The van der Waals surface area contributed by atoms with Crippen molar-refractivity contribution in [1.29, 1.82) is 5.41 Å². The lowest BCUT2D eigenvalue weighted by Gasteiger charge is -2.24. The number of piperidine rings is 1. The number of carbonyl (C=O) groups excluding carboxylic acids is 1. The molecule has 96 valence electrons. The summed E-state index contributed by atoms with van der Waals surface area (Å²) in [6.07, 6.45) is 0.0200. The highest BCUT2D eigenvalue weighted by Gasteiger charge is 2.33. The molecule has 1 amide bonds. The van der Waals surface area contributed by atoms with E-state index in [1.165, 1.54) is 6.07 Å². The number of nitrogens with zero attached hydrogens (tertiary/aromatic N) is 1. The number of benzene rings is 1. The van der Waals surface area contributed by atoms with Gasteiger partial charge in [0, 0.05) is 24.0 Å². The maximum Gasteiger partial charge on any atom is 0.273 e. The molecular weight excluding hydrogens is 266 g/mol. The van der Waals surface area contributed by atoms with Crippen LogP contribution in [0.15, 0.2) is 29.8 Å². The molecule has 1 aromatic carbocycles. The van der Waals surface area contributed by atoms with Gasteiger partial charge in [-0.25, -0.2) is 0 Å². The van der Waals surface area contributed by atoms with E-state index in [0.29, 0.717) is 11.1 Å². The largest absolute Gasteiger partial charge is 0.316 e. The lowest BCUT2D eigenvalue weighted by Crippen LogP contribution is -2.39. The fraction of sp³-hybridized carbons (Fsp3) is 0.167. The number of amides is 1. The van der Waals surface area contributed by atoms with Gasteiger partial charge in [0.25, 0.3) is 5.69 Å². The third-order valence-electron chi connectivity index (χ3n) is 2.88. The number of para-hydroxylation sites is 1. The van der Waals surface area contributed by atoms with Gasteiger partial charge in [-0.05, 0) is 5.87 Å². The molecule has 0 spiro atoms. The van der Waals surface area contributed by atoms with E-state index in [9.17, 15) is 14.9 Å². The number of hydrogen-bond donors (Lipinski definition) is 2. The highest BCUT2D eigenvalue weighted by atomic mass is 32.1. The van der Waals surface area contributed by atoms with Crippen molar-refractivity contribution >= 4 is 34.7 Å². The Hall–Kier alpha value is -2.37. The number of rotatable bonds is 2. The minimum Gasteiger partial charge on any atom is -0.316 e. The number of hydrogen-bond acceptors (Lipinski definition) is 5. The van der Waals surface area contributed by atoms with E-state index < -0.39 is 10.8 Å². The van der Waals surface area contributed by atoms with Crippen LogP contribution in [0.25, 0.3) is 0 Å². The Balaban J connectivity index is 2.56. The van der Waals surface area contributed by atoms with E-state index >= 15 is 0 Å². The van der Waals surface area contributed by atoms with Crippen molar-refractivity contribution in [3.8, 4) is 0 Å². The van der Waals surface area contributed by atoms with Crippen LogP contribution in [0.3, 0.4) is 0 Å². The van der Waals surface area contributed by atoms with Crippen LogP contribution in [-0.4, -0.2) is 21.7 Å². The van der Waals surface area contributed by atoms with Crippen LogP contribution in [0.5, 0.6) is 0 Å². The molecule has 7 heteroatoms. The number of nitro benzene ring substituents is 1. The first-order chi connectivity index (χ1) is 9.04. The summed E-state index contributed by atoms with van der Waals surface area (Å²) in [5, 5.41) is 20.7. The smallest absolute Gasteiger partial charge is 0.273 e.